The van der Waals surface area contributed by atoms with Crippen molar-refractivity contribution in [2.75, 3.05) is 0 Å². The molecular weight excluding hydrogens is 232 g/mol. The van der Waals surface area contributed by atoms with Crippen LogP contribution >= 0.6 is 0 Å². The average molecular weight is 252 g/mol. The highest BCUT2D eigenvalue weighted by Crippen LogP contribution is 2.20. The first-order valence-electron chi connectivity index (χ1n) is 5.84. The van der Waals surface area contributed by atoms with Gasteiger partial charge in [0.05, 0.1) is 0 Å². The molecule has 100 valence electrons. The van der Waals surface area contributed by atoms with Crippen LogP contribution in [-0.4, -0.2) is 27.4 Å². The number of carboxylic acid groups (broad SMARTS) is 1. The third-order valence-electron chi connectivity index (χ3n) is 2.36. The highest BCUT2D eigenvalue weighted by molar-refractivity contribution is 5.76. The Bertz CT molecular complexity index is 412. The fourth-order valence-corrected chi connectivity index (χ4v) is 1.50. The van der Waals surface area contributed by atoms with E-state index in [1.165, 1.54) is 6.92 Å². The van der Waals surface area contributed by atoms with E-state index in [1.807, 2.05) is 20.8 Å². The summed E-state index contributed by atoms with van der Waals surface area (Å²) in [5.74, 6) is -0.501. The highest BCUT2D eigenvalue weighted by atomic mass is 16.5. The largest absolute Gasteiger partial charge is 0.488 e. The van der Waals surface area contributed by atoms with Crippen LogP contribution < -0.4 is 4.74 Å². The van der Waals surface area contributed by atoms with E-state index < -0.39 is 11.6 Å². The Labute approximate surface area is 107 Å². The Kier molecular flexibility index (Phi) is 4.02. The van der Waals surface area contributed by atoms with Gasteiger partial charge >= 0.3 is 5.97 Å². The minimum atomic E-state index is -1.74. The van der Waals surface area contributed by atoms with Gasteiger partial charge in [0.25, 0.3) is 0 Å². The third kappa shape index (κ3) is 4.37. The number of aliphatic hydroxyl groups is 1. The Morgan fingerprint density at radius 1 is 1.17 bits per heavy atom. The summed E-state index contributed by atoms with van der Waals surface area (Å²) in [6, 6.07) is 7.08. The molecule has 0 fully saturated rings. The van der Waals surface area contributed by atoms with Gasteiger partial charge in [0, 0.05) is 6.42 Å². The van der Waals surface area contributed by atoms with Crippen molar-refractivity contribution in [2.45, 2.75) is 45.3 Å². The zero-order chi connectivity index (χ0) is 14.0. The molecule has 4 nitrogen and oxygen atoms in total. The minimum absolute atomic E-state index is 0.0676. The van der Waals surface area contributed by atoms with Crippen LogP contribution in [0.3, 0.4) is 0 Å². The Balaban J connectivity index is 2.75. The van der Waals surface area contributed by atoms with Crippen molar-refractivity contribution < 1.29 is 19.7 Å². The van der Waals surface area contributed by atoms with Gasteiger partial charge in [-0.2, -0.15) is 0 Å². The lowest BCUT2D eigenvalue weighted by atomic mass is 9.97. The third-order valence-corrected chi connectivity index (χ3v) is 2.36. The molecule has 0 saturated carbocycles. The molecule has 0 aliphatic rings. The topological polar surface area (TPSA) is 66.8 Å². The van der Waals surface area contributed by atoms with Crippen molar-refractivity contribution in [1.29, 1.82) is 0 Å². The first kappa shape index (κ1) is 14.5. The summed E-state index contributed by atoms with van der Waals surface area (Å²) < 4.78 is 5.66. The number of ether oxygens (including phenoxy) is 1. The number of aliphatic carboxylic acids is 1. The molecule has 0 heterocycles. The lowest BCUT2D eigenvalue weighted by molar-refractivity contribution is -0.156. The second-order valence-electron chi connectivity index (χ2n) is 5.61. The van der Waals surface area contributed by atoms with Crippen molar-refractivity contribution in [3.05, 3.63) is 29.8 Å². The van der Waals surface area contributed by atoms with Crippen molar-refractivity contribution in [3.8, 4) is 5.75 Å². The van der Waals surface area contributed by atoms with Gasteiger partial charge in [-0.25, -0.2) is 4.79 Å². The summed E-state index contributed by atoms with van der Waals surface area (Å²) in [7, 11) is 0. The van der Waals surface area contributed by atoms with Crippen LogP contribution in [0, 0.1) is 0 Å². The maximum Gasteiger partial charge on any atom is 0.335 e. The van der Waals surface area contributed by atoms with Crippen LogP contribution in [-0.2, 0) is 11.2 Å². The molecule has 0 aromatic heterocycles. The van der Waals surface area contributed by atoms with E-state index in [0.717, 1.165) is 11.3 Å². The fourth-order valence-electron chi connectivity index (χ4n) is 1.50. The van der Waals surface area contributed by atoms with Gasteiger partial charge in [0.2, 0.25) is 0 Å². The average Bonchev–Trinajstić information content (AvgIpc) is 2.18. The fraction of sp³-hybridized carbons (Fsp3) is 0.500. The van der Waals surface area contributed by atoms with Crippen molar-refractivity contribution in [3.63, 3.8) is 0 Å². The maximum absolute atomic E-state index is 10.8. The maximum atomic E-state index is 10.8. The molecule has 0 aliphatic heterocycles. The molecule has 0 bridgehead atoms. The first-order valence-corrected chi connectivity index (χ1v) is 5.84. The van der Waals surface area contributed by atoms with E-state index in [1.54, 1.807) is 24.3 Å². The van der Waals surface area contributed by atoms with Crippen molar-refractivity contribution in [1.82, 2.24) is 0 Å². The lowest BCUT2D eigenvalue weighted by Crippen LogP contribution is -2.37. The summed E-state index contributed by atoms with van der Waals surface area (Å²) in [5, 5.41) is 18.5. The van der Waals surface area contributed by atoms with E-state index in [4.69, 9.17) is 9.84 Å². The van der Waals surface area contributed by atoms with Crippen LogP contribution in [0.4, 0.5) is 0 Å². The van der Waals surface area contributed by atoms with E-state index in [0.29, 0.717) is 0 Å². The molecule has 0 aliphatic carbocycles. The quantitative estimate of drug-likeness (QED) is 0.862. The molecule has 0 spiro atoms. The molecule has 0 amide bonds. The van der Waals surface area contributed by atoms with Gasteiger partial charge in [-0.1, -0.05) is 12.1 Å². The summed E-state index contributed by atoms with van der Waals surface area (Å²) in [4.78, 5) is 10.8. The number of carboxylic acids is 1. The van der Waals surface area contributed by atoms with Gasteiger partial charge in [-0.05, 0) is 45.4 Å². The molecule has 1 atom stereocenters. The van der Waals surface area contributed by atoms with Gasteiger partial charge in [0.15, 0.2) is 5.60 Å². The zero-order valence-corrected chi connectivity index (χ0v) is 11.2. The van der Waals surface area contributed by atoms with Gasteiger partial charge in [-0.15, -0.1) is 0 Å². The molecule has 18 heavy (non-hydrogen) atoms. The van der Waals surface area contributed by atoms with Crippen molar-refractivity contribution >= 4 is 5.97 Å². The monoisotopic (exact) mass is 252 g/mol. The Morgan fingerprint density at radius 2 is 1.67 bits per heavy atom. The predicted octanol–water partition coefficient (Wildman–Crippen LogP) is 2.24. The lowest BCUT2D eigenvalue weighted by Gasteiger charge is -2.22. The molecule has 0 unspecified atom stereocenters. The summed E-state index contributed by atoms with van der Waals surface area (Å²) in [5.41, 5.74) is -1.26. The molecule has 1 aromatic rings. The van der Waals surface area contributed by atoms with E-state index in [9.17, 15) is 9.90 Å². The number of hydrogen-bond donors (Lipinski definition) is 2. The number of benzene rings is 1. The summed E-state index contributed by atoms with van der Waals surface area (Å²) >= 11 is 0. The molecule has 4 heteroatoms. The highest BCUT2D eigenvalue weighted by Gasteiger charge is 2.29. The van der Waals surface area contributed by atoms with E-state index in [-0.39, 0.29) is 12.0 Å². The molecule has 0 saturated heterocycles. The Hall–Kier alpha value is -1.55. The van der Waals surface area contributed by atoms with Gasteiger partial charge in [0.1, 0.15) is 11.4 Å². The number of rotatable bonds is 4. The van der Waals surface area contributed by atoms with E-state index in [2.05, 4.69) is 0 Å². The van der Waals surface area contributed by atoms with Gasteiger partial charge < -0.3 is 14.9 Å². The molecule has 1 rings (SSSR count). The SMILES string of the molecule is CC(C)(C)Oc1ccc(C[C@](C)(O)C(=O)O)cc1. The van der Waals surface area contributed by atoms with Crippen LogP contribution in [0.1, 0.15) is 33.3 Å². The predicted molar refractivity (Wildman–Crippen MR) is 68.8 cm³/mol. The molecular formula is C14H20O4. The standard InChI is InChI=1S/C14H20O4/c1-13(2,3)18-11-7-5-10(6-8-11)9-14(4,17)12(15)16/h5-8,17H,9H2,1-4H3,(H,15,16)/t14-/m0/s1. The number of carbonyl (C=O) groups is 1. The Morgan fingerprint density at radius 3 is 2.06 bits per heavy atom. The zero-order valence-electron chi connectivity index (χ0n) is 11.2. The molecule has 1 aromatic carbocycles. The second-order valence-corrected chi connectivity index (χ2v) is 5.61. The summed E-state index contributed by atoms with van der Waals surface area (Å²) in [6.45, 7) is 7.15. The van der Waals surface area contributed by atoms with Gasteiger partial charge in [-0.3, -0.25) is 0 Å². The van der Waals surface area contributed by atoms with Crippen LogP contribution in [0.25, 0.3) is 0 Å². The van der Waals surface area contributed by atoms with E-state index >= 15 is 0 Å². The minimum Gasteiger partial charge on any atom is -0.488 e. The van der Waals surface area contributed by atoms with Crippen LogP contribution in [0.15, 0.2) is 24.3 Å². The normalized spacial score (nSPS) is 14.9. The van der Waals surface area contributed by atoms with Crippen molar-refractivity contribution in [2.24, 2.45) is 0 Å². The van der Waals surface area contributed by atoms with Crippen LogP contribution in [0.5, 0.6) is 5.75 Å². The molecule has 0 radical (unpaired) electrons. The number of hydrogen-bond acceptors (Lipinski definition) is 3. The smallest absolute Gasteiger partial charge is 0.335 e. The molecule has 2 N–H and O–H groups in total. The van der Waals surface area contributed by atoms with Crippen LogP contribution in [0.2, 0.25) is 0 Å². The first-order chi connectivity index (χ1) is 8.10. The second kappa shape index (κ2) is 4.98. The summed E-state index contributed by atoms with van der Waals surface area (Å²) in [6.07, 6.45) is 0.0676.